The number of ether oxygens (including phenoxy) is 2. The molecule has 198 valence electrons. The molecule has 2 fully saturated rings. The van der Waals surface area contributed by atoms with Gasteiger partial charge in [-0.05, 0) is 42.9 Å². The van der Waals surface area contributed by atoms with Crippen LogP contribution in [0.15, 0.2) is 24.5 Å². The molecule has 5 rings (SSSR count). The molecule has 0 amide bonds. The maximum absolute atomic E-state index is 13.4. The molecule has 2 aromatic rings. The van der Waals surface area contributed by atoms with E-state index in [-0.39, 0.29) is 17.6 Å². The minimum absolute atomic E-state index is 0.189. The summed E-state index contributed by atoms with van der Waals surface area (Å²) in [7, 11) is 0. The molecule has 0 aliphatic carbocycles. The second-order valence-electron chi connectivity index (χ2n) is 9.82. The number of hydrogen-bond acceptors (Lipinski definition) is 10. The quantitative estimate of drug-likeness (QED) is 0.362. The lowest BCUT2D eigenvalue weighted by Crippen LogP contribution is -2.50. The van der Waals surface area contributed by atoms with Gasteiger partial charge in [-0.2, -0.15) is 8.78 Å². The van der Waals surface area contributed by atoms with Crippen LogP contribution in [0.3, 0.4) is 0 Å². The number of carboxylic acids is 1. The molecule has 37 heavy (non-hydrogen) atoms. The molecule has 3 aliphatic rings. The molecule has 0 radical (unpaired) electrons. The number of pyridine rings is 1. The summed E-state index contributed by atoms with van der Waals surface area (Å²) in [6.07, 6.45) is 5.25. The number of carbonyl (C=O) groups excluding carboxylic acids is 1. The number of ketones is 1. The highest BCUT2D eigenvalue weighted by atomic mass is 19.3. The Morgan fingerprint density at radius 1 is 1.24 bits per heavy atom. The van der Waals surface area contributed by atoms with Crippen LogP contribution in [0.4, 0.5) is 14.6 Å². The number of hydrazine groups is 1. The van der Waals surface area contributed by atoms with Gasteiger partial charge in [0.25, 0.3) is 0 Å². The van der Waals surface area contributed by atoms with E-state index in [0.717, 1.165) is 30.9 Å². The number of carbonyl (C=O) groups is 2. The Bertz CT molecular complexity index is 1150. The summed E-state index contributed by atoms with van der Waals surface area (Å²) < 4.78 is 34.5. The first-order valence-corrected chi connectivity index (χ1v) is 12.2. The number of hydrogen-bond donors (Lipinski definition) is 4. The van der Waals surface area contributed by atoms with Crippen LogP contribution in [0, 0.1) is 5.41 Å². The van der Waals surface area contributed by atoms with Crippen LogP contribution in [-0.2, 0) is 27.2 Å². The van der Waals surface area contributed by atoms with E-state index in [9.17, 15) is 23.5 Å². The molecule has 11 nitrogen and oxygen atoms in total. The van der Waals surface area contributed by atoms with Crippen molar-refractivity contribution in [2.24, 2.45) is 5.41 Å². The van der Waals surface area contributed by atoms with Crippen LogP contribution in [-0.4, -0.2) is 70.3 Å². The van der Waals surface area contributed by atoms with Gasteiger partial charge in [-0.1, -0.05) is 6.07 Å². The highest BCUT2D eigenvalue weighted by Gasteiger charge is 2.47. The van der Waals surface area contributed by atoms with Gasteiger partial charge in [0.15, 0.2) is 5.78 Å². The zero-order valence-corrected chi connectivity index (χ0v) is 20.0. The van der Waals surface area contributed by atoms with Gasteiger partial charge >= 0.3 is 18.6 Å². The number of aryl methyl sites for hydroxylation is 1. The number of nitrogens with zero attached hydrogens (tertiary/aromatic N) is 3. The van der Waals surface area contributed by atoms with Gasteiger partial charge in [0.1, 0.15) is 5.82 Å². The van der Waals surface area contributed by atoms with Crippen molar-refractivity contribution in [1.82, 2.24) is 25.8 Å². The third kappa shape index (κ3) is 5.68. The molecule has 0 bridgehead atoms. The zero-order valence-electron chi connectivity index (χ0n) is 20.0. The van der Waals surface area contributed by atoms with Crippen LogP contribution in [0.1, 0.15) is 42.0 Å². The van der Waals surface area contributed by atoms with Gasteiger partial charge in [-0.15, -0.1) is 0 Å². The second kappa shape index (κ2) is 10.6. The largest absolute Gasteiger partial charge is 0.481 e. The SMILES string of the molecule is O=C(O)C[C@@H](c1cnc(OC(F)F)nc1)C1NNC(CC2(Cc3ccc4c(n3)NCCC4)COC2)C1=O. The van der Waals surface area contributed by atoms with Crippen molar-refractivity contribution in [2.45, 2.75) is 56.7 Å². The Balaban J connectivity index is 1.28. The third-order valence-electron chi connectivity index (χ3n) is 7.09. The van der Waals surface area contributed by atoms with E-state index >= 15 is 0 Å². The van der Waals surface area contributed by atoms with E-state index in [1.807, 2.05) is 6.07 Å². The van der Waals surface area contributed by atoms with E-state index in [1.54, 1.807) is 0 Å². The van der Waals surface area contributed by atoms with E-state index in [4.69, 9.17) is 9.72 Å². The molecule has 13 heteroatoms. The standard InChI is InChI=1S/C24H28F2N6O5/c25-22(26)37-23-28-9-14(10-29-23)16(6-18(33)34)19-20(35)17(31-32-19)8-24(11-36-12-24)7-15-4-3-13-2-1-5-27-21(13)30-15/h3-4,9-10,16-17,19,22,31-32H,1-2,5-8,11-12H2,(H,27,30)(H,33,34)/t16-,17?,19?/m0/s1. The average Bonchev–Trinajstić information content (AvgIpc) is 3.20. The number of halogens is 2. The summed E-state index contributed by atoms with van der Waals surface area (Å²) in [6, 6.07) is 2.16. The summed E-state index contributed by atoms with van der Waals surface area (Å²) >= 11 is 0. The number of aliphatic carboxylic acids is 1. The van der Waals surface area contributed by atoms with Crippen molar-refractivity contribution in [2.75, 3.05) is 25.1 Å². The Labute approximate surface area is 211 Å². The molecule has 2 saturated heterocycles. The predicted molar refractivity (Wildman–Crippen MR) is 125 cm³/mol. The van der Waals surface area contributed by atoms with Crippen molar-refractivity contribution in [3.05, 3.63) is 41.3 Å². The van der Waals surface area contributed by atoms with Crippen molar-refractivity contribution in [3.8, 4) is 6.01 Å². The number of Topliss-reactive ketones (excluding diaryl/α,β-unsaturated/α-hetero) is 1. The molecule has 2 aromatic heterocycles. The number of alkyl halides is 2. The van der Waals surface area contributed by atoms with Crippen molar-refractivity contribution in [3.63, 3.8) is 0 Å². The molecule has 4 N–H and O–H groups in total. The van der Waals surface area contributed by atoms with Gasteiger partial charge in [-0.3, -0.25) is 9.59 Å². The lowest BCUT2D eigenvalue weighted by Gasteiger charge is -2.42. The Morgan fingerprint density at radius 3 is 2.70 bits per heavy atom. The summed E-state index contributed by atoms with van der Waals surface area (Å²) in [4.78, 5) is 37.2. The van der Waals surface area contributed by atoms with Gasteiger partial charge in [0.05, 0.1) is 31.7 Å². The maximum Gasteiger partial charge on any atom is 0.389 e. The number of aromatic nitrogens is 3. The molecular formula is C24H28F2N6O5. The van der Waals surface area contributed by atoms with E-state index in [2.05, 4.69) is 36.9 Å². The summed E-state index contributed by atoms with van der Waals surface area (Å²) in [6.45, 7) is -1.20. The van der Waals surface area contributed by atoms with Crippen LogP contribution >= 0.6 is 0 Å². The second-order valence-corrected chi connectivity index (χ2v) is 9.82. The first-order chi connectivity index (χ1) is 17.8. The van der Waals surface area contributed by atoms with Crippen LogP contribution < -0.4 is 20.9 Å². The molecule has 2 unspecified atom stereocenters. The fourth-order valence-corrected chi connectivity index (χ4v) is 5.24. The molecule has 0 saturated carbocycles. The number of fused-ring (bicyclic) bond motifs is 1. The van der Waals surface area contributed by atoms with Crippen molar-refractivity contribution < 1.29 is 33.0 Å². The highest BCUT2D eigenvalue weighted by Crippen LogP contribution is 2.38. The molecule has 0 spiro atoms. The van der Waals surface area contributed by atoms with Crippen LogP contribution in [0.5, 0.6) is 6.01 Å². The number of carboxylic acid groups (broad SMARTS) is 1. The summed E-state index contributed by atoms with van der Waals surface area (Å²) in [5.74, 6) is -1.21. The Morgan fingerprint density at radius 2 is 2.03 bits per heavy atom. The minimum atomic E-state index is -3.08. The first kappa shape index (κ1) is 25.4. The summed E-state index contributed by atoms with van der Waals surface area (Å²) in [5, 5.41) is 12.8. The van der Waals surface area contributed by atoms with Gasteiger partial charge in [0, 0.05) is 36.0 Å². The zero-order chi connectivity index (χ0) is 26.0. The van der Waals surface area contributed by atoms with Crippen LogP contribution in [0.25, 0.3) is 0 Å². The van der Waals surface area contributed by atoms with E-state index in [0.29, 0.717) is 31.6 Å². The lowest BCUT2D eigenvalue weighted by atomic mass is 9.74. The van der Waals surface area contributed by atoms with Crippen LogP contribution in [0.2, 0.25) is 0 Å². The van der Waals surface area contributed by atoms with E-state index in [1.165, 1.54) is 18.0 Å². The highest BCUT2D eigenvalue weighted by molar-refractivity contribution is 5.92. The summed E-state index contributed by atoms with van der Waals surface area (Å²) in [5.41, 5.74) is 8.16. The van der Waals surface area contributed by atoms with Gasteiger partial charge < -0.3 is 19.9 Å². The molecular weight excluding hydrogens is 490 g/mol. The molecule has 5 heterocycles. The molecule has 3 aliphatic heterocycles. The smallest absolute Gasteiger partial charge is 0.389 e. The molecule has 3 atom stereocenters. The number of nitrogens with one attached hydrogen (secondary N) is 3. The monoisotopic (exact) mass is 518 g/mol. The Hall–Kier alpha value is -3.29. The fraction of sp³-hybridized carbons (Fsp3) is 0.542. The normalized spacial score (nSPS) is 23.2. The average molecular weight is 519 g/mol. The Kier molecular flexibility index (Phi) is 7.26. The first-order valence-electron chi connectivity index (χ1n) is 12.2. The molecule has 0 aromatic carbocycles. The van der Waals surface area contributed by atoms with Crippen molar-refractivity contribution in [1.29, 1.82) is 0 Å². The van der Waals surface area contributed by atoms with Crippen molar-refractivity contribution >= 4 is 17.6 Å². The third-order valence-corrected chi connectivity index (χ3v) is 7.09. The topological polar surface area (TPSA) is 148 Å². The number of anilines is 1. The minimum Gasteiger partial charge on any atom is -0.481 e. The van der Waals surface area contributed by atoms with Gasteiger partial charge in [0.2, 0.25) is 0 Å². The predicted octanol–water partition coefficient (Wildman–Crippen LogP) is 1.45. The van der Waals surface area contributed by atoms with E-state index < -0.39 is 36.6 Å². The maximum atomic E-state index is 13.4. The fourth-order valence-electron chi connectivity index (χ4n) is 5.24. The number of rotatable bonds is 10. The lowest BCUT2D eigenvalue weighted by molar-refractivity contribution is -0.137. The van der Waals surface area contributed by atoms with Gasteiger partial charge in [-0.25, -0.2) is 25.8 Å².